The third-order valence-corrected chi connectivity index (χ3v) is 2.62. The quantitative estimate of drug-likeness (QED) is 0.621. The van der Waals surface area contributed by atoms with E-state index in [9.17, 15) is 22.4 Å². The van der Waals surface area contributed by atoms with E-state index in [0.717, 1.165) is 0 Å². The van der Waals surface area contributed by atoms with Crippen molar-refractivity contribution in [2.75, 3.05) is 13.2 Å². The molecule has 0 amide bonds. The highest BCUT2D eigenvalue weighted by Gasteiger charge is 2.27. The maximum atomic E-state index is 12.7. The van der Waals surface area contributed by atoms with Gasteiger partial charge in [-0.05, 0) is 30.5 Å². The van der Waals surface area contributed by atoms with Gasteiger partial charge in [0.2, 0.25) is 0 Å². The van der Waals surface area contributed by atoms with Crippen molar-refractivity contribution in [3.8, 4) is 0 Å². The van der Waals surface area contributed by atoms with Crippen LogP contribution in [0.2, 0.25) is 0 Å². The van der Waals surface area contributed by atoms with Gasteiger partial charge in [-0.2, -0.15) is 13.2 Å². The Balaban J connectivity index is 2.45. The summed E-state index contributed by atoms with van der Waals surface area (Å²) in [4.78, 5) is 11.0. The van der Waals surface area contributed by atoms with E-state index < -0.39 is 30.5 Å². The highest BCUT2D eigenvalue weighted by atomic mass is 19.4. The van der Waals surface area contributed by atoms with Gasteiger partial charge >= 0.3 is 12.1 Å². The largest absolute Gasteiger partial charge is 0.481 e. The lowest BCUT2D eigenvalue weighted by molar-refractivity contribution is -0.175. The van der Waals surface area contributed by atoms with Crippen molar-refractivity contribution < 1.29 is 32.2 Å². The maximum Gasteiger partial charge on any atom is 0.411 e. The fourth-order valence-electron chi connectivity index (χ4n) is 1.63. The van der Waals surface area contributed by atoms with Crippen LogP contribution in [0.15, 0.2) is 24.3 Å². The predicted molar refractivity (Wildman–Crippen MR) is 62.7 cm³/mol. The van der Waals surface area contributed by atoms with E-state index >= 15 is 0 Å². The van der Waals surface area contributed by atoms with E-state index in [2.05, 4.69) is 4.74 Å². The van der Waals surface area contributed by atoms with Crippen molar-refractivity contribution in [3.05, 3.63) is 35.6 Å². The van der Waals surface area contributed by atoms with Crippen molar-refractivity contribution >= 4 is 5.97 Å². The molecule has 112 valence electrons. The van der Waals surface area contributed by atoms with Crippen LogP contribution < -0.4 is 0 Å². The number of carboxylic acids is 1. The zero-order valence-electron chi connectivity index (χ0n) is 10.5. The van der Waals surface area contributed by atoms with E-state index in [1.54, 1.807) is 0 Å². The molecule has 0 saturated heterocycles. The van der Waals surface area contributed by atoms with Gasteiger partial charge in [-0.1, -0.05) is 12.1 Å². The molecule has 1 atom stereocenters. The van der Waals surface area contributed by atoms with Gasteiger partial charge in [0.05, 0.1) is 5.92 Å². The lowest BCUT2D eigenvalue weighted by atomic mass is 9.97. The SMILES string of the molecule is O=C(O)C(CCOCC(F)(F)F)Cc1ccc(F)cc1. The number of benzene rings is 1. The van der Waals surface area contributed by atoms with E-state index in [4.69, 9.17) is 5.11 Å². The summed E-state index contributed by atoms with van der Waals surface area (Å²) < 4.78 is 52.6. The first-order valence-corrected chi connectivity index (χ1v) is 5.89. The zero-order valence-corrected chi connectivity index (χ0v) is 10.5. The van der Waals surface area contributed by atoms with Crippen molar-refractivity contribution in [1.29, 1.82) is 0 Å². The number of hydrogen-bond acceptors (Lipinski definition) is 2. The molecule has 3 nitrogen and oxygen atoms in total. The molecule has 1 aromatic rings. The molecule has 7 heteroatoms. The Labute approximate surface area is 113 Å². The fourth-order valence-corrected chi connectivity index (χ4v) is 1.63. The molecule has 0 fully saturated rings. The van der Waals surface area contributed by atoms with Gasteiger partial charge in [-0.3, -0.25) is 4.79 Å². The molecule has 20 heavy (non-hydrogen) atoms. The van der Waals surface area contributed by atoms with Crippen molar-refractivity contribution in [2.45, 2.75) is 19.0 Å². The number of rotatable bonds is 7. The summed E-state index contributed by atoms with van der Waals surface area (Å²) in [6.45, 7) is -1.69. The average molecular weight is 294 g/mol. The van der Waals surface area contributed by atoms with Crippen LogP contribution in [-0.2, 0) is 16.0 Å². The average Bonchev–Trinajstić information content (AvgIpc) is 2.34. The molecule has 0 aliphatic heterocycles. The molecule has 1 aromatic carbocycles. The molecule has 0 spiro atoms. The summed E-state index contributed by atoms with van der Waals surface area (Å²) >= 11 is 0. The van der Waals surface area contributed by atoms with Gasteiger partial charge in [-0.25, -0.2) is 4.39 Å². The smallest absolute Gasteiger partial charge is 0.411 e. The first kappa shape index (κ1) is 16.4. The summed E-state index contributed by atoms with van der Waals surface area (Å²) in [5, 5.41) is 9.00. The fraction of sp³-hybridized carbons (Fsp3) is 0.462. The van der Waals surface area contributed by atoms with Crippen LogP contribution in [0.5, 0.6) is 0 Å². The molecule has 1 unspecified atom stereocenters. The minimum absolute atomic E-state index is 0.0389. The molecule has 0 saturated carbocycles. The highest BCUT2D eigenvalue weighted by molar-refractivity contribution is 5.70. The first-order chi connectivity index (χ1) is 9.28. The summed E-state index contributed by atoms with van der Waals surface area (Å²) in [7, 11) is 0. The molecule has 0 bridgehead atoms. The van der Waals surface area contributed by atoms with Gasteiger partial charge in [0.15, 0.2) is 0 Å². The second-order valence-corrected chi connectivity index (χ2v) is 4.32. The molecule has 0 aromatic heterocycles. The second kappa shape index (κ2) is 7.23. The predicted octanol–water partition coefficient (Wildman–Crippen LogP) is 3.04. The monoisotopic (exact) mass is 294 g/mol. The van der Waals surface area contributed by atoms with Crippen molar-refractivity contribution in [3.63, 3.8) is 0 Å². The number of ether oxygens (including phenoxy) is 1. The lowest BCUT2D eigenvalue weighted by Crippen LogP contribution is -2.22. The summed E-state index contributed by atoms with van der Waals surface area (Å²) in [6.07, 6.45) is -4.34. The Morgan fingerprint density at radius 1 is 1.25 bits per heavy atom. The third-order valence-electron chi connectivity index (χ3n) is 2.62. The van der Waals surface area contributed by atoms with Crippen LogP contribution >= 0.6 is 0 Å². The molecular formula is C13H14F4O3. The van der Waals surface area contributed by atoms with Crippen molar-refractivity contribution in [1.82, 2.24) is 0 Å². The number of alkyl halides is 3. The Morgan fingerprint density at radius 3 is 2.35 bits per heavy atom. The van der Waals surface area contributed by atoms with E-state index in [1.807, 2.05) is 0 Å². The summed E-state index contributed by atoms with van der Waals surface area (Å²) in [5.41, 5.74) is 0.606. The molecule has 1 rings (SSSR count). The molecule has 0 aliphatic carbocycles. The van der Waals surface area contributed by atoms with Gasteiger partial charge in [0.25, 0.3) is 0 Å². The van der Waals surface area contributed by atoms with Crippen LogP contribution in [0.4, 0.5) is 17.6 Å². The number of hydrogen-bond donors (Lipinski definition) is 1. The third kappa shape index (κ3) is 6.51. The van der Waals surface area contributed by atoms with E-state index in [0.29, 0.717) is 5.56 Å². The van der Waals surface area contributed by atoms with Crippen LogP contribution in [0.3, 0.4) is 0 Å². The molecule has 1 N–H and O–H groups in total. The summed E-state index contributed by atoms with van der Waals surface area (Å²) in [5.74, 6) is -2.42. The number of carbonyl (C=O) groups is 1. The van der Waals surface area contributed by atoms with Gasteiger partial charge < -0.3 is 9.84 Å². The van der Waals surface area contributed by atoms with Gasteiger partial charge in [-0.15, -0.1) is 0 Å². The standard InChI is InChI=1S/C13H14F4O3/c14-11-3-1-9(2-4-11)7-10(12(18)19)5-6-20-8-13(15,16)17/h1-4,10H,5-8H2,(H,18,19). The molecule has 0 heterocycles. The minimum Gasteiger partial charge on any atom is -0.481 e. The lowest BCUT2D eigenvalue weighted by Gasteiger charge is -2.13. The van der Waals surface area contributed by atoms with E-state index in [1.165, 1.54) is 24.3 Å². The normalized spacial score (nSPS) is 13.2. The first-order valence-electron chi connectivity index (χ1n) is 5.89. The van der Waals surface area contributed by atoms with Crippen LogP contribution in [-0.4, -0.2) is 30.5 Å². The molecule has 0 aliphatic rings. The Hall–Kier alpha value is -1.63. The minimum atomic E-state index is -4.42. The maximum absolute atomic E-state index is 12.7. The number of aliphatic carboxylic acids is 1. The highest BCUT2D eigenvalue weighted by Crippen LogP contribution is 2.17. The van der Waals surface area contributed by atoms with Crippen molar-refractivity contribution in [2.24, 2.45) is 5.92 Å². The van der Waals surface area contributed by atoms with Crippen LogP contribution in [0.1, 0.15) is 12.0 Å². The zero-order chi connectivity index (χ0) is 15.2. The van der Waals surface area contributed by atoms with E-state index in [-0.39, 0.29) is 19.4 Å². The second-order valence-electron chi connectivity index (χ2n) is 4.32. The Bertz CT molecular complexity index is 428. The molecule has 0 radical (unpaired) electrons. The summed E-state index contributed by atoms with van der Waals surface area (Å²) in [6, 6.07) is 5.30. The number of halogens is 4. The van der Waals surface area contributed by atoms with Gasteiger partial charge in [0.1, 0.15) is 12.4 Å². The molecular weight excluding hydrogens is 280 g/mol. The Morgan fingerprint density at radius 2 is 1.85 bits per heavy atom. The van der Waals surface area contributed by atoms with Gasteiger partial charge in [0, 0.05) is 6.61 Å². The topological polar surface area (TPSA) is 46.5 Å². The Kier molecular flexibility index (Phi) is 5.94. The van der Waals surface area contributed by atoms with Crippen LogP contribution in [0, 0.1) is 11.7 Å². The van der Waals surface area contributed by atoms with Crippen LogP contribution in [0.25, 0.3) is 0 Å². The number of carboxylic acid groups (broad SMARTS) is 1.